The Morgan fingerprint density at radius 3 is 2.60 bits per heavy atom. The second-order valence-corrected chi connectivity index (χ2v) is 6.85. The largest absolute Gasteiger partial charge is 0.296 e. The highest BCUT2D eigenvalue weighted by Gasteiger charge is 2.31. The predicted octanol–water partition coefficient (Wildman–Crippen LogP) is 4.08. The van der Waals surface area contributed by atoms with Crippen LogP contribution in [0.3, 0.4) is 0 Å². The van der Waals surface area contributed by atoms with Crippen molar-refractivity contribution in [2.45, 2.75) is 49.8 Å². The van der Waals surface area contributed by atoms with Crippen molar-refractivity contribution in [1.29, 1.82) is 5.26 Å². The molecular weight excluding hydrogens is 264 g/mol. The van der Waals surface area contributed by atoms with Crippen molar-refractivity contribution in [3.63, 3.8) is 0 Å². The van der Waals surface area contributed by atoms with Crippen LogP contribution in [0.5, 0.6) is 0 Å². The third kappa shape index (κ3) is 3.77. The molecule has 1 N–H and O–H groups in total. The zero-order valence-electron chi connectivity index (χ0n) is 12.3. The van der Waals surface area contributed by atoms with Crippen LogP contribution in [0.2, 0.25) is 0 Å². The number of thioether (sulfide) groups is 1. The van der Waals surface area contributed by atoms with Crippen LogP contribution in [0.1, 0.15) is 44.6 Å². The normalized spacial score (nSPS) is 18.6. The molecule has 0 spiro atoms. The van der Waals surface area contributed by atoms with Gasteiger partial charge < -0.3 is 0 Å². The summed E-state index contributed by atoms with van der Waals surface area (Å²) in [4.78, 5) is 0. The van der Waals surface area contributed by atoms with Crippen molar-refractivity contribution < 1.29 is 0 Å². The summed E-state index contributed by atoms with van der Waals surface area (Å²) in [6.45, 7) is 2.88. The van der Waals surface area contributed by atoms with Crippen molar-refractivity contribution in [3.8, 4) is 6.07 Å². The van der Waals surface area contributed by atoms with Crippen LogP contribution < -0.4 is 5.32 Å². The Morgan fingerprint density at radius 2 is 2.00 bits per heavy atom. The van der Waals surface area contributed by atoms with E-state index in [0.29, 0.717) is 0 Å². The van der Waals surface area contributed by atoms with Gasteiger partial charge in [-0.1, -0.05) is 50.1 Å². The molecule has 0 heterocycles. The van der Waals surface area contributed by atoms with Gasteiger partial charge in [-0.3, -0.25) is 5.32 Å². The molecule has 2 nitrogen and oxygen atoms in total. The monoisotopic (exact) mass is 288 g/mol. The number of benzene rings is 1. The molecule has 3 heteroatoms. The highest BCUT2D eigenvalue weighted by Crippen LogP contribution is 2.33. The lowest BCUT2D eigenvalue weighted by Gasteiger charge is -2.28. The highest BCUT2D eigenvalue weighted by molar-refractivity contribution is 7.99. The molecule has 108 valence electrons. The maximum Gasteiger partial charge on any atom is 0.133 e. The molecule has 0 saturated heterocycles. The van der Waals surface area contributed by atoms with E-state index in [2.05, 4.69) is 42.2 Å². The zero-order valence-corrected chi connectivity index (χ0v) is 13.1. The van der Waals surface area contributed by atoms with Crippen molar-refractivity contribution >= 4 is 11.8 Å². The van der Waals surface area contributed by atoms with Crippen LogP contribution >= 0.6 is 11.8 Å². The van der Waals surface area contributed by atoms with Crippen LogP contribution in [-0.2, 0) is 5.54 Å². The molecule has 1 aliphatic carbocycles. The van der Waals surface area contributed by atoms with Crippen LogP contribution in [0.15, 0.2) is 30.3 Å². The lowest BCUT2D eigenvalue weighted by atomic mass is 9.88. The number of hydrogen-bond acceptors (Lipinski definition) is 3. The molecular formula is C17H24N2S. The minimum Gasteiger partial charge on any atom is -0.296 e. The van der Waals surface area contributed by atoms with E-state index in [4.69, 9.17) is 0 Å². The third-order valence-corrected chi connectivity index (χ3v) is 5.45. The first kappa shape index (κ1) is 15.4. The van der Waals surface area contributed by atoms with Gasteiger partial charge in [0.2, 0.25) is 0 Å². The fourth-order valence-electron chi connectivity index (χ4n) is 2.95. The zero-order chi connectivity index (χ0) is 14.3. The van der Waals surface area contributed by atoms with Gasteiger partial charge in [0.15, 0.2) is 0 Å². The van der Waals surface area contributed by atoms with Crippen LogP contribution in [0, 0.1) is 11.3 Å². The van der Waals surface area contributed by atoms with Gasteiger partial charge in [-0.05, 0) is 37.1 Å². The first-order valence-corrected chi connectivity index (χ1v) is 8.69. The second kappa shape index (κ2) is 7.71. The van der Waals surface area contributed by atoms with Gasteiger partial charge in [0.05, 0.1) is 6.07 Å². The first-order chi connectivity index (χ1) is 9.80. The number of hydrogen-bond donors (Lipinski definition) is 1. The molecule has 0 radical (unpaired) electrons. The average Bonchev–Trinajstić information content (AvgIpc) is 3.00. The summed E-state index contributed by atoms with van der Waals surface area (Å²) in [6, 6.07) is 12.7. The minimum absolute atomic E-state index is 0.526. The highest BCUT2D eigenvalue weighted by atomic mass is 32.2. The minimum atomic E-state index is -0.526. The fraction of sp³-hybridized carbons (Fsp3) is 0.588. The van der Waals surface area contributed by atoms with E-state index < -0.39 is 5.54 Å². The summed E-state index contributed by atoms with van der Waals surface area (Å²) >= 11 is 2.06. The quantitative estimate of drug-likeness (QED) is 0.821. The third-order valence-electron chi connectivity index (χ3n) is 4.07. The van der Waals surface area contributed by atoms with E-state index in [0.717, 1.165) is 29.5 Å². The van der Waals surface area contributed by atoms with E-state index in [1.165, 1.54) is 25.7 Å². The molecule has 0 aromatic heterocycles. The summed E-state index contributed by atoms with van der Waals surface area (Å²) in [5, 5.41) is 14.0. The average molecular weight is 288 g/mol. The Balaban J connectivity index is 2.01. The molecule has 1 aromatic carbocycles. The molecule has 1 unspecified atom stereocenters. The van der Waals surface area contributed by atoms with E-state index in [1.807, 2.05) is 18.2 Å². The molecule has 0 amide bonds. The van der Waals surface area contributed by atoms with Crippen molar-refractivity contribution in [2.24, 2.45) is 0 Å². The van der Waals surface area contributed by atoms with E-state index in [9.17, 15) is 5.26 Å². The SMILES string of the molecule is CCNC(C#N)(CCSC1CCCC1)c1ccccc1. The number of rotatable bonds is 7. The molecule has 1 saturated carbocycles. The molecule has 1 atom stereocenters. The molecule has 2 rings (SSSR count). The lowest BCUT2D eigenvalue weighted by molar-refractivity contribution is 0.428. The fourth-order valence-corrected chi connectivity index (χ4v) is 4.38. The van der Waals surface area contributed by atoms with Gasteiger partial charge in [0.1, 0.15) is 5.54 Å². The summed E-state index contributed by atoms with van der Waals surface area (Å²) < 4.78 is 0. The topological polar surface area (TPSA) is 35.8 Å². The molecule has 0 bridgehead atoms. The predicted molar refractivity (Wildman–Crippen MR) is 86.7 cm³/mol. The number of nitriles is 1. The maximum absolute atomic E-state index is 9.73. The van der Waals surface area contributed by atoms with E-state index in [1.54, 1.807) is 0 Å². The standard InChI is InChI=1S/C17H24N2S/c1-2-19-17(14-18,15-8-4-3-5-9-15)12-13-20-16-10-6-7-11-16/h3-5,8-9,16,19H,2,6-7,10-13H2,1H3. The van der Waals surface area contributed by atoms with Crippen LogP contribution in [-0.4, -0.2) is 17.5 Å². The maximum atomic E-state index is 9.73. The Morgan fingerprint density at radius 1 is 1.30 bits per heavy atom. The summed E-state index contributed by atoms with van der Waals surface area (Å²) in [5.74, 6) is 1.06. The lowest BCUT2D eigenvalue weighted by Crippen LogP contribution is -2.41. The number of nitrogens with zero attached hydrogens (tertiary/aromatic N) is 1. The smallest absolute Gasteiger partial charge is 0.133 e. The van der Waals surface area contributed by atoms with E-state index >= 15 is 0 Å². The van der Waals surface area contributed by atoms with Gasteiger partial charge >= 0.3 is 0 Å². The van der Waals surface area contributed by atoms with Gasteiger partial charge in [-0.25, -0.2) is 0 Å². The van der Waals surface area contributed by atoms with E-state index in [-0.39, 0.29) is 0 Å². The van der Waals surface area contributed by atoms with Gasteiger partial charge in [-0.2, -0.15) is 17.0 Å². The summed E-state index contributed by atoms with van der Waals surface area (Å²) in [6.07, 6.45) is 6.36. The van der Waals surface area contributed by atoms with Gasteiger partial charge in [0, 0.05) is 5.25 Å². The molecule has 1 aromatic rings. The van der Waals surface area contributed by atoms with Crippen molar-refractivity contribution in [1.82, 2.24) is 5.32 Å². The second-order valence-electron chi connectivity index (χ2n) is 5.44. The molecule has 1 aliphatic rings. The summed E-state index contributed by atoms with van der Waals surface area (Å²) in [7, 11) is 0. The molecule has 20 heavy (non-hydrogen) atoms. The Bertz CT molecular complexity index is 434. The molecule has 1 fully saturated rings. The van der Waals surface area contributed by atoms with Crippen LogP contribution in [0.25, 0.3) is 0 Å². The molecule has 0 aliphatic heterocycles. The van der Waals surface area contributed by atoms with Crippen molar-refractivity contribution in [3.05, 3.63) is 35.9 Å². The van der Waals surface area contributed by atoms with Gasteiger partial charge in [0.25, 0.3) is 0 Å². The summed E-state index contributed by atoms with van der Waals surface area (Å²) in [5.41, 5.74) is 0.568. The first-order valence-electron chi connectivity index (χ1n) is 7.64. The Kier molecular flexibility index (Phi) is 5.94. The van der Waals surface area contributed by atoms with Gasteiger partial charge in [-0.15, -0.1) is 0 Å². The number of nitrogens with one attached hydrogen (secondary N) is 1. The van der Waals surface area contributed by atoms with Crippen LogP contribution in [0.4, 0.5) is 0 Å². The van der Waals surface area contributed by atoms with Crippen molar-refractivity contribution in [2.75, 3.05) is 12.3 Å². The Hall–Kier alpha value is -0.980. The Labute approximate surface area is 127 Å².